The number of nitrogens with zero attached hydrogens (tertiary/aromatic N) is 1. The van der Waals surface area contributed by atoms with Crippen LogP contribution in [-0.2, 0) is 10.0 Å². The summed E-state index contributed by atoms with van der Waals surface area (Å²) in [6, 6.07) is 21.5. The van der Waals surface area contributed by atoms with Crippen molar-refractivity contribution in [1.29, 1.82) is 0 Å². The highest BCUT2D eigenvalue weighted by atomic mass is 35.5. The molecule has 1 amide bonds. The molecule has 0 spiro atoms. The predicted molar refractivity (Wildman–Crippen MR) is 111 cm³/mol. The van der Waals surface area contributed by atoms with E-state index in [-0.39, 0.29) is 10.5 Å². The predicted octanol–water partition coefficient (Wildman–Crippen LogP) is 3.92. The molecule has 0 heterocycles. The summed E-state index contributed by atoms with van der Waals surface area (Å²) in [5.74, 6) is -0.452. The number of para-hydroxylation sites is 1. The summed E-state index contributed by atoms with van der Waals surface area (Å²) in [4.78, 5) is 12.4. The van der Waals surface area contributed by atoms with E-state index in [9.17, 15) is 13.2 Å². The van der Waals surface area contributed by atoms with Gasteiger partial charge in [0.1, 0.15) is 0 Å². The van der Waals surface area contributed by atoms with Crippen molar-refractivity contribution in [2.75, 3.05) is 16.8 Å². The van der Waals surface area contributed by atoms with Gasteiger partial charge in [-0.1, -0.05) is 41.9 Å². The number of hydrazine groups is 1. The van der Waals surface area contributed by atoms with Crippen LogP contribution in [0, 0.1) is 0 Å². The van der Waals surface area contributed by atoms with Crippen molar-refractivity contribution in [2.24, 2.45) is 0 Å². The van der Waals surface area contributed by atoms with Gasteiger partial charge in [-0.05, 0) is 48.5 Å². The minimum Gasteiger partial charge on any atom is -0.298 e. The molecule has 0 bridgehead atoms. The first-order chi connectivity index (χ1) is 13.4. The molecule has 0 atom stereocenters. The Morgan fingerprint density at radius 3 is 2.36 bits per heavy atom. The summed E-state index contributed by atoms with van der Waals surface area (Å²) in [5, 5.41) is 0.430. The van der Waals surface area contributed by atoms with Crippen LogP contribution in [0.15, 0.2) is 83.8 Å². The number of amides is 1. The van der Waals surface area contributed by atoms with E-state index in [1.807, 2.05) is 18.2 Å². The van der Waals surface area contributed by atoms with E-state index in [1.165, 1.54) is 25.2 Å². The summed E-state index contributed by atoms with van der Waals surface area (Å²) in [6.07, 6.45) is 0. The van der Waals surface area contributed by atoms with E-state index >= 15 is 0 Å². The molecule has 144 valence electrons. The summed E-state index contributed by atoms with van der Waals surface area (Å²) in [5.41, 5.74) is 6.67. The highest BCUT2D eigenvalue weighted by Gasteiger charge is 2.22. The third kappa shape index (κ3) is 4.44. The van der Waals surface area contributed by atoms with Crippen molar-refractivity contribution >= 4 is 38.9 Å². The Morgan fingerprint density at radius 2 is 1.64 bits per heavy atom. The molecule has 8 heteroatoms. The summed E-state index contributed by atoms with van der Waals surface area (Å²) < 4.78 is 27.0. The van der Waals surface area contributed by atoms with Gasteiger partial charge in [-0.2, -0.15) is 0 Å². The molecular weight excluding hydrogens is 398 g/mol. The summed E-state index contributed by atoms with van der Waals surface area (Å²) >= 11 is 5.96. The number of sulfonamides is 1. The average molecular weight is 416 g/mol. The van der Waals surface area contributed by atoms with Crippen LogP contribution in [0.25, 0.3) is 0 Å². The van der Waals surface area contributed by atoms with Crippen LogP contribution in [0.3, 0.4) is 0 Å². The van der Waals surface area contributed by atoms with Gasteiger partial charge in [0, 0.05) is 17.6 Å². The van der Waals surface area contributed by atoms with Gasteiger partial charge >= 0.3 is 0 Å². The van der Waals surface area contributed by atoms with Crippen LogP contribution in [0.2, 0.25) is 5.02 Å². The molecule has 0 aliphatic carbocycles. The third-order valence-corrected chi connectivity index (χ3v) is 6.04. The van der Waals surface area contributed by atoms with E-state index in [0.29, 0.717) is 16.4 Å². The number of anilines is 2. The van der Waals surface area contributed by atoms with E-state index < -0.39 is 15.9 Å². The molecule has 0 saturated heterocycles. The van der Waals surface area contributed by atoms with Crippen molar-refractivity contribution in [3.05, 3.63) is 89.4 Å². The number of nitrogens with one attached hydrogen (secondary N) is 2. The highest BCUT2D eigenvalue weighted by Crippen LogP contribution is 2.25. The standard InChI is InChI=1S/C20H18ClN3O3S/c1-24(18-11-6-8-16(21)14-18)28(26,27)19-12-5-7-15(13-19)20(25)23-22-17-9-3-2-4-10-17/h2-14,22H,1H3,(H,23,25). The Labute approximate surface area is 168 Å². The fourth-order valence-corrected chi connectivity index (χ4v) is 3.91. The minimum atomic E-state index is -3.86. The van der Waals surface area contributed by atoms with Crippen LogP contribution in [0.1, 0.15) is 10.4 Å². The van der Waals surface area contributed by atoms with Gasteiger partial charge in [-0.3, -0.25) is 20.0 Å². The first-order valence-electron chi connectivity index (χ1n) is 8.34. The lowest BCUT2D eigenvalue weighted by Crippen LogP contribution is -2.30. The fourth-order valence-electron chi connectivity index (χ4n) is 2.49. The Hall–Kier alpha value is -3.03. The number of carbonyl (C=O) groups is 1. The molecule has 0 saturated carbocycles. The van der Waals surface area contributed by atoms with Crippen LogP contribution >= 0.6 is 11.6 Å². The number of benzene rings is 3. The molecular formula is C20H18ClN3O3S. The van der Waals surface area contributed by atoms with E-state index in [0.717, 1.165) is 4.31 Å². The SMILES string of the molecule is CN(c1cccc(Cl)c1)S(=O)(=O)c1cccc(C(=O)NNc2ccccc2)c1. The molecule has 3 aromatic rings. The number of halogens is 1. The molecule has 3 aromatic carbocycles. The molecule has 0 aliphatic heterocycles. The smallest absolute Gasteiger partial charge is 0.269 e. The monoisotopic (exact) mass is 415 g/mol. The highest BCUT2D eigenvalue weighted by molar-refractivity contribution is 7.92. The first-order valence-corrected chi connectivity index (χ1v) is 10.2. The Bertz CT molecular complexity index is 1090. The quantitative estimate of drug-likeness (QED) is 0.598. The zero-order chi connectivity index (χ0) is 20.1. The molecule has 0 aliphatic rings. The molecule has 0 radical (unpaired) electrons. The van der Waals surface area contributed by atoms with Crippen molar-refractivity contribution < 1.29 is 13.2 Å². The van der Waals surface area contributed by atoms with Gasteiger partial charge in [0.15, 0.2) is 0 Å². The van der Waals surface area contributed by atoms with Crippen LogP contribution in [0.4, 0.5) is 11.4 Å². The molecule has 0 unspecified atom stereocenters. The van der Waals surface area contributed by atoms with Gasteiger partial charge in [-0.15, -0.1) is 0 Å². The topological polar surface area (TPSA) is 78.5 Å². The molecule has 6 nitrogen and oxygen atoms in total. The van der Waals surface area contributed by atoms with E-state index in [2.05, 4.69) is 10.9 Å². The summed E-state index contributed by atoms with van der Waals surface area (Å²) in [7, 11) is -2.42. The maximum Gasteiger partial charge on any atom is 0.269 e. The largest absolute Gasteiger partial charge is 0.298 e. The lowest BCUT2D eigenvalue weighted by molar-refractivity contribution is 0.0962. The summed E-state index contributed by atoms with van der Waals surface area (Å²) in [6.45, 7) is 0. The Morgan fingerprint density at radius 1 is 0.929 bits per heavy atom. The molecule has 0 fully saturated rings. The molecule has 3 rings (SSSR count). The number of rotatable bonds is 6. The van der Waals surface area contributed by atoms with Crippen molar-refractivity contribution in [1.82, 2.24) is 5.43 Å². The Kier molecular flexibility index (Phi) is 5.87. The van der Waals surface area contributed by atoms with Crippen molar-refractivity contribution in [2.45, 2.75) is 4.90 Å². The van der Waals surface area contributed by atoms with Gasteiger partial charge < -0.3 is 0 Å². The van der Waals surface area contributed by atoms with Crippen LogP contribution < -0.4 is 15.2 Å². The third-order valence-electron chi connectivity index (χ3n) is 4.02. The van der Waals surface area contributed by atoms with Gasteiger partial charge in [0.2, 0.25) is 0 Å². The molecule has 28 heavy (non-hydrogen) atoms. The zero-order valence-corrected chi connectivity index (χ0v) is 16.5. The van der Waals surface area contributed by atoms with Gasteiger partial charge in [-0.25, -0.2) is 8.42 Å². The zero-order valence-electron chi connectivity index (χ0n) is 15.0. The Balaban J connectivity index is 1.80. The minimum absolute atomic E-state index is 0.00216. The maximum absolute atomic E-state index is 12.9. The second-order valence-electron chi connectivity index (χ2n) is 5.93. The lowest BCUT2D eigenvalue weighted by atomic mass is 10.2. The van der Waals surface area contributed by atoms with Gasteiger partial charge in [0.25, 0.3) is 15.9 Å². The fraction of sp³-hybridized carbons (Fsp3) is 0.0500. The second-order valence-corrected chi connectivity index (χ2v) is 8.33. The maximum atomic E-state index is 12.9. The van der Waals surface area contributed by atoms with Crippen LogP contribution in [-0.4, -0.2) is 21.4 Å². The van der Waals surface area contributed by atoms with Crippen molar-refractivity contribution in [3.8, 4) is 0 Å². The lowest BCUT2D eigenvalue weighted by Gasteiger charge is -2.20. The second kappa shape index (κ2) is 8.33. The first kappa shape index (κ1) is 19.7. The number of hydrogen-bond donors (Lipinski definition) is 2. The molecule has 2 N–H and O–H groups in total. The normalized spacial score (nSPS) is 10.9. The van der Waals surface area contributed by atoms with Crippen molar-refractivity contribution in [3.63, 3.8) is 0 Å². The van der Waals surface area contributed by atoms with E-state index in [4.69, 9.17) is 11.6 Å². The number of carbonyl (C=O) groups excluding carboxylic acids is 1. The van der Waals surface area contributed by atoms with E-state index in [1.54, 1.807) is 42.5 Å². The molecule has 0 aromatic heterocycles. The van der Waals surface area contributed by atoms with Crippen LogP contribution in [0.5, 0.6) is 0 Å². The number of hydrogen-bond acceptors (Lipinski definition) is 4. The van der Waals surface area contributed by atoms with Gasteiger partial charge in [0.05, 0.1) is 16.3 Å². The average Bonchev–Trinajstić information content (AvgIpc) is 2.72.